The number of aryl methyl sites for hydroxylation is 1. The van der Waals surface area contributed by atoms with Gasteiger partial charge in [0.25, 0.3) is 0 Å². The Morgan fingerprint density at radius 2 is 1.95 bits per heavy atom. The number of hydrogen-bond acceptors (Lipinski definition) is 3. The van der Waals surface area contributed by atoms with Crippen molar-refractivity contribution in [2.75, 3.05) is 31.7 Å². The topological polar surface area (TPSA) is 78.9 Å². The van der Waals surface area contributed by atoms with Crippen LogP contribution in [0.25, 0.3) is 0 Å². The molecule has 0 bridgehead atoms. The maximum absolute atomic E-state index is 12.2. The van der Waals surface area contributed by atoms with Crippen molar-refractivity contribution in [2.45, 2.75) is 19.8 Å². The van der Waals surface area contributed by atoms with Gasteiger partial charge in [0.05, 0.1) is 6.42 Å². The zero-order valence-electron chi connectivity index (χ0n) is 12.5. The molecule has 0 fully saturated rings. The lowest BCUT2D eigenvalue weighted by Gasteiger charge is -2.22. The van der Waals surface area contributed by atoms with Crippen molar-refractivity contribution in [1.29, 1.82) is 0 Å². The average molecular weight is 294 g/mol. The van der Waals surface area contributed by atoms with Crippen LogP contribution >= 0.6 is 0 Å². The molecule has 0 saturated carbocycles. The fraction of sp³-hybridized carbons (Fsp3) is 0.467. The highest BCUT2D eigenvalue weighted by molar-refractivity contribution is 5.92. The van der Waals surface area contributed by atoms with Crippen molar-refractivity contribution < 1.29 is 19.4 Å². The number of carbonyl (C=O) groups is 2. The lowest BCUT2D eigenvalue weighted by molar-refractivity contribution is -0.136. The molecule has 0 heterocycles. The van der Waals surface area contributed by atoms with Crippen LogP contribution in [0.15, 0.2) is 24.3 Å². The fourth-order valence-electron chi connectivity index (χ4n) is 1.79. The molecular weight excluding hydrogens is 272 g/mol. The van der Waals surface area contributed by atoms with Crippen LogP contribution in [-0.2, 0) is 9.53 Å². The Bertz CT molecular complexity index is 459. The first-order valence-corrected chi connectivity index (χ1v) is 6.87. The van der Waals surface area contributed by atoms with Crippen LogP contribution in [0.3, 0.4) is 0 Å². The summed E-state index contributed by atoms with van der Waals surface area (Å²) in [6, 6.07) is 7.11. The minimum Gasteiger partial charge on any atom is -0.481 e. The highest BCUT2D eigenvalue weighted by Crippen LogP contribution is 2.15. The summed E-state index contributed by atoms with van der Waals surface area (Å²) >= 11 is 0. The Labute approximate surface area is 124 Å². The van der Waals surface area contributed by atoms with Crippen LogP contribution in [0, 0.1) is 6.92 Å². The maximum atomic E-state index is 12.2. The molecule has 0 aliphatic carbocycles. The van der Waals surface area contributed by atoms with E-state index in [1.165, 1.54) is 4.90 Å². The van der Waals surface area contributed by atoms with Gasteiger partial charge in [-0.25, -0.2) is 4.79 Å². The van der Waals surface area contributed by atoms with Crippen molar-refractivity contribution in [3.8, 4) is 0 Å². The molecule has 0 aliphatic heterocycles. The number of hydrogen-bond donors (Lipinski definition) is 2. The lowest BCUT2D eigenvalue weighted by Crippen LogP contribution is -2.41. The molecule has 0 aliphatic rings. The summed E-state index contributed by atoms with van der Waals surface area (Å²) in [7, 11) is 1.60. The molecule has 116 valence electrons. The lowest BCUT2D eigenvalue weighted by atomic mass is 10.2. The molecule has 0 aromatic heterocycles. The third-order valence-electron chi connectivity index (χ3n) is 2.94. The fourth-order valence-corrected chi connectivity index (χ4v) is 1.79. The van der Waals surface area contributed by atoms with Gasteiger partial charge >= 0.3 is 12.0 Å². The third-order valence-corrected chi connectivity index (χ3v) is 2.94. The Hall–Kier alpha value is -2.08. The summed E-state index contributed by atoms with van der Waals surface area (Å²) in [5.74, 6) is -0.931. The van der Waals surface area contributed by atoms with Crippen molar-refractivity contribution in [3.63, 3.8) is 0 Å². The van der Waals surface area contributed by atoms with Gasteiger partial charge in [-0.05, 0) is 25.5 Å². The summed E-state index contributed by atoms with van der Waals surface area (Å²) in [6.07, 6.45) is 0.613. The van der Waals surface area contributed by atoms with Gasteiger partial charge < -0.3 is 15.2 Å². The zero-order chi connectivity index (χ0) is 15.7. The minimum absolute atomic E-state index is 0.0978. The summed E-state index contributed by atoms with van der Waals surface area (Å²) in [6.45, 7) is 3.15. The second kappa shape index (κ2) is 8.97. The molecule has 0 atom stereocenters. The molecule has 1 aromatic rings. The number of carboxylic acid groups (broad SMARTS) is 1. The van der Waals surface area contributed by atoms with E-state index in [9.17, 15) is 9.59 Å². The van der Waals surface area contributed by atoms with Crippen LogP contribution in [0.2, 0.25) is 0 Å². The molecule has 0 unspecified atom stereocenters. The number of amides is 2. The summed E-state index contributed by atoms with van der Waals surface area (Å²) in [4.78, 5) is 24.4. The molecule has 21 heavy (non-hydrogen) atoms. The van der Waals surface area contributed by atoms with Gasteiger partial charge in [0.1, 0.15) is 0 Å². The van der Waals surface area contributed by atoms with Crippen LogP contribution in [0.1, 0.15) is 18.4 Å². The molecular formula is C15H22N2O4. The van der Waals surface area contributed by atoms with Crippen molar-refractivity contribution in [3.05, 3.63) is 29.8 Å². The SMILES string of the molecule is COCCCNC(=O)N(CCC(=O)O)c1ccc(C)cc1. The quantitative estimate of drug-likeness (QED) is 0.719. The normalized spacial score (nSPS) is 10.2. The molecule has 6 heteroatoms. The first-order valence-electron chi connectivity index (χ1n) is 6.87. The molecule has 2 amide bonds. The number of ether oxygens (including phenoxy) is 1. The number of methoxy groups -OCH3 is 1. The Kier molecular flexibility index (Phi) is 7.25. The monoisotopic (exact) mass is 294 g/mol. The van der Waals surface area contributed by atoms with E-state index < -0.39 is 5.97 Å². The number of urea groups is 1. The second-order valence-electron chi connectivity index (χ2n) is 4.71. The molecule has 0 saturated heterocycles. The van der Waals surface area contributed by atoms with Gasteiger partial charge in [-0.2, -0.15) is 0 Å². The van der Waals surface area contributed by atoms with E-state index in [-0.39, 0.29) is 19.0 Å². The van der Waals surface area contributed by atoms with Crippen molar-refractivity contribution in [2.24, 2.45) is 0 Å². The summed E-state index contributed by atoms with van der Waals surface area (Å²) in [5.41, 5.74) is 1.77. The van der Waals surface area contributed by atoms with Gasteiger partial charge in [-0.15, -0.1) is 0 Å². The standard InChI is InChI=1S/C15H22N2O4/c1-12-4-6-13(7-5-12)17(10-8-14(18)19)15(20)16-9-3-11-21-2/h4-7H,3,8-11H2,1-2H3,(H,16,20)(H,18,19). The van der Waals surface area contributed by atoms with E-state index in [1.807, 2.05) is 31.2 Å². The number of nitrogens with zero attached hydrogens (tertiary/aromatic N) is 1. The van der Waals surface area contributed by atoms with Crippen LogP contribution in [0.4, 0.5) is 10.5 Å². The van der Waals surface area contributed by atoms with Crippen LogP contribution < -0.4 is 10.2 Å². The Morgan fingerprint density at radius 3 is 2.52 bits per heavy atom. The van der Waals surface area contributed by atoms with E-state index in [1.54, 1.807) is 7.11 Å². The highest BCUT2D eigenvalue weighted by atomic mass is 16.5. The third kappa shape index (κ3) is 6.27. The summed E-state index contributed by atoms with van der Waals surface area (Å²) < 4.78 is 4.92. The maximum Gasteiger partial charge on any atom is 0.321 e. The van der Waals surface area contributed by atoms with Gasteiger partial charge in [-0.3, -0.25) is 9.69 Å². The Morgan fingerprint density at radius 1 is 1.29 bits per heavy atom. The molecule has 1 rings (SSSR count). The predicted molar refractivity (Wildman–Crippen MR) is 80.7 cm³/mol. The number of nitrogens with one attached hydrogen (secondary N) is 1. The predicted octanol–water partition coefficient (Wildman–Crippen LogP) is 2.02. The highest BCUT2D eigenvalue weighted by Gasteiger charge is 2.16. The first kappa shape index (κ1) is 17.0. The number of benzene rings is 1. The molecule has 1 aromatic carbocycles. The largest absolute Gasteiger partial charge is 0.481 e. The van der Waals surface area contributed by atoms with Crippen LogP contribution in [0.5, 0.6) is 0 Å². The molecule has 0 spiro atoms. The first-order chi connectivity index (χ1) is 10.0. The number of carboxylic acids is 1. The average Bonchev–Trinajstić information content (AvgIpc) is 2.45. The Balaban J connectivity index is 2.69. The molecule has 2 N–H and O–H groups in total. The number of anilines is 1. The smallest absolute Gasteiger partial charge is 0.321 e. The molecule has 6 nitrogen and oxygen atoms in total. The van der Waals surface area contributed by atoms with Crippen LogP contribution in [-0.4, -0.2) is 43.9 Å². The van der Waals surface area contributed by atoms with E-state index >= 15 is 0 Å². The minimum atomic E-state index is -0.931. The summed E-state index contributed by atoms with van der Waals surface area (Å²) in [5, 5.41) is 11.6. The van der Waals surface area contributed by atoms with Gasteiger partial charge in [0.2, 0.25) is 0 Å². The van der Waals surface area contributed by atoms with E-state index in [0.717, 1.165) is 5.56 Å². The van der Waals surface area contributed by atoms with Gasteiger partial charge in [0.15, 0.2) is 0 Å². The van der Waals surface area contributed by atoms with Crippen molar-refractivity contribution >= 4 is 17.7 Å². The van der Waals surface area contributed by atoms with Gasteiger partial charge in [-0.1, -0.05) is 17.7 Å². The molecule has 0 radical (unpaired) electrons. The number of carbonyl (C=O) groups excluding carboxylic acids is 1. The van der Waals surface area contributed by atoms with Crippen molar-refractivity contribution in [1.82, 2.24) is 5.32 Å². The second-order valence-corrected chi connectivity index (χ2v) is 4.71. The number of aliphatic carboxylic acids is 1. The number of rotatable bonds is 8. The van der Waals surface area contributed by atoms with Gasteiger partial charge in [0, 0.05) is 32.5 Å². The van der Waals surface area contributed by atoms with E-state index in [2.05, 4.69) is 5.32 Å². The van der Waals surface area contributed by atoms with E-state index in [0.29, 0.717) is 25.3 Å². The van der Waals surface area contributed by atoms with E-state index in [4.69, 9.17) is 9.84 Å². The zero-order valence-corrected chi connectivity index (χ0v) is 12.5.